The van der Waals surface area contributed by atoms with Crippen LogP contribution in [0.15, 0.2) is 60.8 Å². The molecule has 0 spiro atoms. The summed E-state index contributed by atoms with van der Waals surface area (Å²) in [5, 5.41) is 7.48. The summed E-state index contributed by atoms with van der Waals surface area (Å²) in [4.78, 5) is 43.1. The molecular formula is C29H19ClF7N5O3. The van der Waals surface area contributed by atoms with Crippen LogP contribution in [0.1, 0.15) is 61.4 Å². The molecule has 0 bridgehead atoms. The first kappa shape index (κ1) is 31.5. The van der Waals surface area contributed by atoms with E-state index in [1.807, 2.05) is 0 Å². The van der Waals surface area contributed by atoms with Crippen molar-refractivity contribution in [1.82, 2.24) is 20.2 Å². The van der Waals surface area contributed by atoms with Gasteiger partial charge >= 0.3 is 6.18 Å². The molecule has 1 aliphatic rings. The number of alkyl halides is 5. The zero-order chi connectivity index (χ0) is 32.6. The molecule has 1 aliphatic heterocycles. The molecule has 4 aromatic rings. The number of rotatable bonds is 7. The summed E-state index contributed by atoms with van der Waals surface area (Å²) in [6, 6.07) is 6.77. The van der Waals surface area contributed by atoms with Crippen molar-refractivity contribution in [2.75, 3.05) is 5.32 Å². The minimum Gasteiger partial charge on any atom is -0.345 e. The molecule has 3 N–H and O–H groups in total. The number of nitrogens with zero attached hydrogens (tertiary/aromatic N) is 2. The molecule has 5 rings (SSSR count). The molecule has 45 heavy (non-hydrogen) atoms. The Hall–Kier alpha value is -4.92. The Bertz CT molecular complexity index is 1810. The fraction of sp³-hybridized carbons (Fsp3) is 0.172. The molecule has 2 aromatic heterocycles. The molecular weight excluding hydrogens is 635 g/mol. The summed E-state index contributed by atoms with van der Waals surface area (Å²) in [5.74, 6) is -4.72. The number of hydrogen-bond acceptors (Lipinski definition) is 4. The topological polar surface area (TPSA) is 105 Å². The van der Waals surface area contributed by atoms with Gasteiger partial charge in [0.25, 0.3) is 18.2 Å². The second kappa shape index (κ2) is 12.2. The number of carbonyl (C=O) groups is 3. The standard InChI is InChI=1S/C29H19ClF7N5O3/c30-20-4-2-16(31)8-19(20)24-25-21(40-27(44)14-5-15(29(35,36)37)7-17(32)6-14)9-22(42(25)12-23(43)41-24)28(45)39-11-18-3-1-13(10-38-18)26(33)34/h1-10,24,26H,11-12H2,(H,39,45)(H,40,44)(H,41,43). The number of nitrogens with one attached hydrogen (secondary N) is 3. The summed E-state index contributed by atoms with van der Waals surface area (Å²) >= 11 is 6.30. The molecule has 1 unspecified atom stereocenters. The van der Waals surface area contributed by atoms with E-state index in [4.69, 9.17) is 11.6 Å². The third-order valence-electron chi connectivity index (χ3n) is 6.79. The molecule has 0 saturated carbocycles. The minimum absolute atomic E-state index is 0.00195. The quantitative estimate of drug-likeness (QED) is 0.208. The zero-order valence-electron chi connectivity index (χ0n) is 22.5. The maximum absolute atomic E-state index is 14.3. The van der Waals surface area contributed by atoms with Crippen LogP contribution in [0.4, 0.5) is 36.4 Å². The van der Waals surface area contributed by atoms with Crippen LogP contribution in [0.25, 0.3) is 0 Å². The van der Waals surface area contributed by atoms with Gasteiger partial charge in [-0.3, -0.25) is 19.4 Å². The van der Waals surface area contributed by atoms with Gasteiger partial charge in [0.2, 0.25) is 5.91 Å². The molecule has 234 valence electrons. The van der Waals surface area contributed by atoms with E-state index in [1.165, 1.54) is 16.7 Å². The van der Waals surface area contributed by atoms with Gasteiger partial charge in [-0.05, 0) is 54.6 Å². The summed E-state index contributed by atoms with van der Waals surface area (Å²) < 4.78 is 95.1. The lowest BCUT2D eigenvalue weighted by Crippen LogP contribution is -2.41. The number of pyridine rings is 1. The number of anilines is 1. The maximum atomic E-state index is 14.3. The Morgan fingerprint density at radius 2 is 1.78 bits per heavy atom. The van der Waals surface area contributed by atoms with E-state index in [9.17, 15) is 45.1 Å². The fourth-order valence-corrected chi connectivity index (χ4v) is 4.95. The number of aromatic nitrogens is 2. The van der Waals surface area contributed by atoms with E-state index in [1.54, 1.807) is 0 Å². The van der Waals surface area contributed by atoms with E-state index >= 15 is 0 Å². The van der Waals surface area contributed by atoms with Crippen molar-refractivity contribution in [1.29, 1.82) is 0 Å². The van der Waals surface area contributed by atoms with Gasteiger partial charge in [-0.25, -0.2) is 17.6 Å². The zero-order valence-corrected chi connectivity index (χ0v) is 23.2. The third kappa shape index (κ3) is 6.77. The lowest BCUT2D eigenvalue weighted by molar-refractivity contribution is -0.137. The highest BCUT2D eigenvalue weighted by atomic mass is 35.5. The van der Waals surface area contributed by atoms with Crippen molar-refractivity contribution in [3.8, 4) is 0 Å². The Balaban J connectivity index is 1.55. The van der Waals surface area contributed by atoms with Crippen LogP contribution in [0.5, 0.6) is 0 Å². The van der Waals surface area contributed by atoms with Gasteiger partial charge in [-0.15, -0.1) is 0 Å². The van der Waals surface area contributed by atoms with Gasteiger partial charge in [0, 0.05) is 27.9 Å². The summed E-state index contributed by atoms with van der Waals surface area (Å²) in [5.41, 5.74) is -2.61. The molecule has 0 saturated heterocycles. The first-order chi connectivity index (χ1) is 21.2. The summed E-state index contributed by atoms with van der Waals surface area (Å²) in [6.45, 7) is -0.712. The van der Waals surface area contributed by atoms with Gasteiger partial charge in [0.1, 0.15) is 23.9 Å². The van der Waals surface area contributed by atoms with Crippen LogP contribution in [0.3, 0.4) is 0 Å². The molecule has 3 amide bonds. The Morgan fingerprint density at radius 1 is 1.02 bits per heavy atom. The molecule has 8 nitrogen and oxygen atoms in total. The van der Waals surface area contributed by atoms with E-state index < -0.39 is 65.7 Å². The average molecular weight is 654 g/mol. The SMILES string of the molecule is O=C1Cn2c(C(=O)NCc3ccc(C(F)F)cn3)cc(NC(=O)c3cc(F)cc(C(F)(F)F)c3)c2C(c2cc(F)ccc2Cl)N1. The van der Waals surface area contributed by atoms with E-state index in [-0.39, 0.29) is 51.5 Å². The van der Waals surface area contributed by atoms with Crippen LogP contribution >= 0.6 is 11.6 Å². The maximum Gasteiger partial charge on any atom is 0.416 e. The Morgan fingerprint density at radius 3 is 2.44 bits per heavy atom. The molecule has 3 heterocycles. The summed E-state index contributed by atoms with van der Waals surface area (Å²) in [6.07, 6.45) is -6.77. The lowest BCUT2D eigenvalue weighted by atomic mass is 10.0. The number of carbonyl (C=O) groups excluding carboxylic acids is 3. The monoisotopic (exact) mass is 653 g/mol. The van der Waals surface area contributed by atoms with Crippen LogP contribution in [0.2, 0.25) is 5.02 Å². The van der Waals surface area contributed by atoms with Crippen molar-refractivity contribution in [2.24, 2.45) is 0 Å². The Kier molecular flexibility index (Phi) is 8.56. The van der Waals surface area contributed by atoms with Gasteiger partial charge in [-0.1, -0.05) is 11.6 Å². The third-order valence-corrected chi connectivity index (χ3v) is 7.13. The van der Waals surface area contributed by atoms with E-state index in [2.05, 4.69) is 20.9 Å². The molecule has 0 fully saturated rings. The highest BCUT2D eigenvalue weighted by Gasteiger charge is 2.36. The van der Waals surface area contributed by atoms with Crippen molar-refractivity contribution < 1.29 is 45.1 Å². The number of halogens is 8. The van der Waals surface area contributed by atoms with Gasteiger partial charge < -0.3 is 20.5 Å². The normalized spacial score (nSPS) is 14.6. The van der Waals surface area contributed by atoms with Crippen LogP contribution in [-0.4, -0.2) is 27.3 Å². The molecule has 0 aliphatic carbocycles. The molecule has 16 heteroatoms. The van der Waals surface area contributed by atoms with Crippen molar-refractivity contribution in [3.05, 3.63) is 117 Å². The largest absolute Gasteiger partial charge is 0.416 e. The minimum atomic E-state index is -4.96. The summed E-state index contributed by atoms with van der Waals surface area (Å²) in [7, 11) is 0. The predicted octanol–water partition coefficient (Wildman–Crippen LogP) is 6.17. The Labute approximate surface area is 254 Å². The number of amides is 3. The first-order valence-corrected chi connectivity index (χ1v) is 13.3. The van der Waals surface area contributed by atoms with Crippen LogP contribution < -0.4 is 16.0 Å². The van der Waals surface area contributed by atoms with Gasteiger partial charge in [0.05, 0.1) is 35.2 Å². The second-order valence-electron chi connectivity index (χ2n) is 9.83. The first-order valence-electron chi connectivity index (χ1n) is 12.9. The highest BCUT2D eigenvalue weighted by molar-refractivity contribution is 6.31. The van der Waals surface area contributed by atoms with Gasteiger partial charge in [-0.2, -0.15) is 13.2 Å². The second-order valence-corrected chi connectivity index (χ2v) is 10.2. The van der Waals surface area contributed by atoms with Crippen LogP contribution in [0, 0.1) is 11.6 Å². The average Bonchev–Trinajstić information content (AvgIpc) is 3.33. The van der Waals surface area contributed by atoms with Crippen LogP contribution in [-0.2, 0) is 24.1 Å². The number of fused-ring (bicyclic) bond motifs is 1. The van der Waals surface area contributed by atoms with Crippen molar-refractivity contribution >= 4 is 35.0 Å². The lowest BCUT2D eigenvalue weighted by Gasteiger charge is -2.29. The van der Waals surface area contributed by atoms with Gasteiger partial charge in [0.15, 0.2) is 0 Å². The molecule has 0 radical (unpaired) electrons. The van der Waals surface area contributed by atoms with E-state index in [0.29, 0.717) is 12.1 Å². The smallest absolute Gasteiger partial charge is 0.345 e. The predicted molar refractivity (Wildman–Crippen MR) is 146 cm³/mol. The number of benzene rings is 2. The molecule has 2 aromatic carbocycles. The fourth-order valence-electron chi connectivity index (χ4n) is 4.72. The highest BCUT2D eigenvalue weighted by Crippen LogP contribution is 2.38. The van der Waals surface area contributed by atoms with Crippen molar-refractivity contribution in [3.63, 3.8) is 0 Å². The van der Waals surface area contributed by atoms with E-state index in [0.717, 1.165) is 30.5 Å². The molecule has 1 atom stereocenters. The van der Waals surface area contributed by atoms with Crippen molar-refractivity contribution in [2.45, 2.75) is 31.7 Å². The number of hydrogen-bond donors (Lipinski definition) is 3.